The van der Waals surface area contributed by atoms with Crippen LogP contribution >= 0.6 is 0 Å². The van der Waals surface area contributed by atoms with E-state index in [4.69, 9.17) is 14.2 Å². The number of methoxy groups -OCH3 is 1. The molecule has 0 bridgehead atoms. The lowest BCUT2D eigenvalue weighted by Gasteiger charge is -2.12. The minimum absolute atomic E-state index is 0.0297. The molecule has 0 saturated carbocycles. The number of esters is 1. The van der Waals surface area contributed by atoms with Crippen LogP contribution in [0.2, 0.25) is 0 Å². The van der Waals surface area contributed by atoms with Crippen molar-refractivity contribution < 1.29 is 42.1 Å². The van der Waals surface area contributed by atoms with E-state index in [0.29, 0.717) is 18.1 Å². The van der Waals surface area contributed by atoms with E-state index in [1.165, 1.54) is 31.4 Å². The summed E-state index contributed by atoms with van der Waals surface area (Å²) in [6.07, 6.45) is 0. The molecule has 0 spiro atoms. The first kappa shape index (κ1) is 25.2. The molecule has 0 aromatic heterocycles. The monoisotopic (exact) mass is 485 g/mol. The van der Waals surface area contributed by atoms with Crippen molar-refractivity contribution in [3.63, 3.8) is 0 Å². The number of amides is 2. The number of carbonyl (C=O) groups excluding carboxylic acids is 3. The van der Waals surface area contributed by atoms with Crippen LogP contribution in [-0.4, -0.2) is 38.1 Å². The summed E-state index contributed by atoms with van der Waals surface area (Å²) < 4.78 is 44.5. The molecule has 3 rings (SSSR count). The fourth-order valence-corrected chi connectivity index (χ4v) is 2.89. The summed E-state index contributed by atoms with van der Waals surface area (Å²) >= 11 is 0. The van der Waals surface area contributed by atoms with Gasteiger partial charge in [-0.2, -0.15) is 8.78 Å². The zero-order valence-electron chi connectivity index (χ0n) is 18.5. The molecule has 0 aliphatic carbocycles. The molecule has 0 radical (unpaired) electrons. The lowest BCUT2D eigenvalue weighted by Crippen LogP contribution is -2.34. The molecule has 0 fully saturated rings. The number of rotatable bonds is 10. The molecule has 182 valence electrons. The van der Waals surface area contributed by atoms with Crippen molar-refractivity contribution in [3.05, 3.63) is 89.5 Å². The Bertz CT molecular complexity index is 1170. The van der Waals surface area contributed by atoms with E-state index in [2.05, 4.69) is 4.74 Å². The molecule has 0 unspecified atom stereocenters. The van der Waals surface area contributed by atoms with Gasteiger partial charge in [-0.05, 0) is 48.0 Å². The lowest BCUT2D eigenvalue weighted by molar-refractivity contribution is -0.123. The Hall–Kier alpha value is -4.47. The summed E-state index contributed by atoms with van der Waals surface area (Å²) in [7, 11) is 1.42. The van der Waals surface area contributed by atoms with E-state index in [-0.39, 0.29) is 16.9 Å². The average molecular weight is 485 g/mol. The van der Waals surface area contributed by atoms with E-state index in [1.54, 1.807) is 6.07 Å². The van der Waals surface area contributed by atoms with Crippen LogP contribution in [-0.2, 0) is 16.1 Å². The molecule has 0 aliphatic rings. The van der Waals surface area contributed by atoms with Crippen molar-refractivity contribution in [2.75, 3.05) is 13.7 Å². The number of ether oxygens (including phenoxy) is 4. The molecule has 1 N–H and O–H groups in total. The third-order valence-corrected chi connectivity index (χ3v) is 4.57. The summed E-state index contributed by atoms with van der Waals surface area (Å²) in [5.41, 5.74) is 1.10. The molecular formula is C25H21F2NO7. The summed E-state index contributed by atoms with van der Waals surface area (Å²) in [6.45, 7) is -3.41. The molecule has 35 heavy (non-hydrogen) atoms. The first-order chi connectivity index (χ1) is 16.9. The third kappa shape index (κ3) is 7.53. The Morgan fingerprint density at radius 3 is 2.23 bits per heavy atom. The van der Waals surface area contributed by atoms with Crippen LogP contribution in [0, 0.1) is 0 Å². The largest absolute Gasteiger partial charge is 0.493 e. The smallest absolute Gasteiger partial charge is 0.387 e. The van der Waals surface area contributed by atoms with Crippen molar-refractivity contribution in [1.29, 1.82) is 0 Å². The predicted octanol–water partition coefficient (Wildman–Crippen LogP) is 3.99. The van der Waals surface area contributed by atoms with Crippen LogP contribution in [0.3, 0.4) is 0 Å². The lowest BCUT2D eigenvalue weighted by atomic mass is 10.2. The fraction of sp³-hybridized carbons (Fsp3) is 0.160. The van der Waals surface area contributed by atoms with Gasteiger partial charge in [-0.25, -0.2) is 4.79 Å². The van der Waals surface area contributed by atoms with Gasteiger partial charge < -0.3 is 18.9 Å². The number of imide groups is 1. The Morgan fingerprint density at radius 2 is 1.57 bits per heavy atom. The maximum Gasteiger partial charge on any atom is 0.387 e. The Balaban J connectivity index is 1.51. The number of hydrogen-bond donors (Lipinski definition) is 1. The van der Waals surface area contributed by atoms with Crippen LogP contribution < -0.4 is 19.5 Å². The topological polar surface area (TPSA) is 100 Å². The van der Waals surface area contributed by atoms with Crippen molar-refractivity contribution in [1.82, 2.24) is 5.32 Å². The molecule has 3 aromatic carbocycles. The summed E-state index contributed by atoms with van der Waals surface area (Å²) in [5.74, 6) is -1.89. The number of carbonyl (C=O) groups is 3. The van der Waals surface area contributed by atoms with E-state index >= 15 is 0 Å². The second kappa shape index (κ2) is 12.1. The molecule has 0 saturated heterocycles. The zero-order valence-corrected chi connectivity index (χ0v) is 18.5. The third-order valence-electron chi connectivity index (χ3n) is 4.57. The number of halogens is 2. The highest BCUT2D eigenvalue weighted by Gasteiger charge is 2.16. The van der Waals surface area contributed by atoms with E-state index in [0.717, 1.165) is 17.7 Å². The molecular weight excluding hydrogens is 464 g/mol. The van der Waals surface area contributed by atoms with E-state index in [9.17, 15) is 23.2 Å². The van der Waals surface area contributed by atoms with Gasteiger partial charge in [0.25, 0.3) is 11.8 Å². The van der Waals surface area contributed by atoms with Gasteiger partial charge in [0.1, 0.15) is 12.4 Å². The highest BCUT2D eigenvalue weighted by atomic mass is 19.3. The van der Waals surface area contributed by atoms with Gasteiger partial charge in [0.15, 0.2) is 18.1 Å². The molecule has 8 nitrogen and oxygen atoms in total. The Kier molecular flexibility index (Phi) is 8.71. The Labute approximate surface area is 199 Å². The summed E-state index contributed by atoms with van der Waals surface area (Å²) in [5, 5.41) is 2.04. The Morgan fingerprint density at radius 1 is 0.886 bits per heavy atom. The minimum atomic E-state index is -3.00. The van der Waals surface area contributed by atoms with Crippen LogP contribution in [0.25, 0.3) is 0 Å². The average Bonchev–Trinajstić information content (AvgIpc) is 2.86. The first-order valence-corrected chi connectivity index (χ1v) is 10.3. The number of benzene rings is 3. The number of hydrogen-bond acceptors (Lipinski definition) is 7. The van der Waals surface area contributed by atoms with Gasteiger partial charge in [-0.15, -0.1) is 0 Å². The second-order valence-corrected chi connectivity index (χ2v) is 7.00. The number of alkyl halides is 2. The normalized spacial score (nSPS) is 10.4. The van der Waals surface area contributed by atoms with Crippen LogP contribution in [0.4, 0.5) is 8.78 Å². The van der Waals surface area contributed by atoms with Crippen LogP contribution in [0.15, 0.2) is 72.8 Å². The second-order valence-electron chi connectivity index (χ2n) is 7.00. The highest BCUT2D eigenvalue weighted by Crippen LogP contribution is 2.29. The van der Waals surface area contributed by atoms with E-state index in [1.807, 2.05) is 35.6 Å². The molecule has 0 atom stereocenters. The highest BCUT2D eigenvalue weighted by molar-refractivity contribution is 6.05. The van der Waals surface area contributed by atoms with Gasteiger partial charge in [0.2, 0.25) is 0 Å². The molecule has 0 heterocycles. The molecule has 2 amide bonds. The molecule has 3 aromatic rings. The summed E-state index contributed by atoms with van der Waals surface area (Å²) in [4.78, 5) is 36.4. The maximum absolute atomic E-state index is 12.3. The van der Waals surface area contributed by atoms with Crippen molar-refractivity contribution in [3.8, 4) is 17.2 Å². The van der Waals surface area contributed by atoms with Gasteiger partial charge in [0.05, 0.1) is 12.7 Å². The first-order valence-electron chi connectivity index (χ1n) is 10.3. The van der Waals surface area contributed by atoms with Crippen molar-refractivity contribution in [2.45, 2.75) is 13.2 Å². The van der Waals surface area contributed by atoms with Gasteiger partial charge >= 0.3 is 12.6 Å². The van der Waals surface area contributed by atoms with Gasteiger partial charge in [0, 0.05) is 5.56 Å². The zero-order chi connectivity index (χ0) is 25.2. The predicted molar refractivity (Wildman–Crippen MR) is 120 cm³/mol. The van der Waals surface area contributed by atoms with E-state index < -0.39 is 31.0 Å². The number of nitrogens with one attached hydrogen (secondary N) is 1. The maximum atomic E-state index is 12.3. The van der Waals surface area contributed by atoms with Gasteiger partial charge in [-0.1, -0.05) is 30.3 Å². The van der Waals surface area contributed by atoms with Crippen LogP contribution in [0.5, 0.6) is 17.2 Å². The quantitative estimate of drug-likeness (QED) is 0.434. The van der Waals surface area contributed by atoms with Crippen LogP contribution in [0.1, 0.15) is 26.3 Å². The van der Waals surface area contributed by atoms with Gasteiger partial charge in [-0.3, -0.25) is 14.9 Å². The summed E-state index contributed by atoms with van der Waals surface area (Å²) in [6, 6.07) is 18.6. The van der Waals surface area contributed by atoms with Crippen molar-refractivity contribution >= 4 is 17.8 Å². The SMILES string of the molecule is COc1cc(C(=O)OCC(=O)NC(=O)c2ccc(OC(F)F)cc2)ccc1OCc1ccccc1. The fourth-order valence-electron chi connectivity index (χ4n) is 2.89. The minimum Gasteiger partial charge on any atom is -0.493 e. The van der Waals surface area contributed by atoms with Crippen molar-refractivity contribution in [2.24, 2.45) is 0 Å². The molecule has 0 aliphatic heterocycles. The standard InChI is InChI=1S/C25H21F2NO7/c1-32-21-13-18(9-12-20(21)33-14-16-5-3-2-4-6-16)24(31)34-15-22(29)28-23(30)17-7-10-19(11-8-17)35-25(26)27/h2-13,25H,14-15H2,1H3,(H,28,29,30). The molecule has 10 heteroatoms.